The van der Waals surface area contributed by atoms with E-state index in [1.54, 1.807) is 24.8 Å². The topological polar surface area (TPSA) is 92.8 Å². The summed E-state index contributed by atoms with van der Waals surface area (Å²) in [6.07, 6.45) is 2.32. The summed E-state index contributed by atoms with van der Waals surface area (Å²) >= 11 is 1.55. The van der Waals surface area contributed by atoms with Crippen molar-refractivity contribution in [3.63, 3.8) is 0 Å². The van der Waals surface area contributed by atoms with Crippen molar-refractivity contribution in [3.05, 3.63) is 29.3 Å². The molecule has 1 aromatic rings. The number of methoxy groups -OCH3 is 1. The van der Waals surface area contributed by atoms with E-state index in [4.69, 9.17) is 4.74 Å². The van der Waals surface area contributed by atoms with Crippen LogP contribution in [0.1, 0.15) is 22.3 Å². The number of ether oxygens (including phenoxy) is 1. The third kappa shape index (κ3) is 5.45. The molecule has 1 N–H and O–H groups in total. The van der Waals surface area contributed by atoms with Gasteiger partial charge in [0.25, 0.3) is 5.91 Å². The molecule has 0 saturated carbocycles. The van der Waals surface area contributed by atoms with Crippen LogP contribution in [-0.2, 0) is 19.6 Å². The number of carbonyl (C=O) groups excluding carboxylic acids is 2. The van der Waals surface area contributed by atoms with Gasteiger partial charge in [0.05, 0.1) is 12.0 Å². The fraction of sp³-hybridized carbons (Fsp3) is 0.500. The first-order valence-corrected chi connectivity index (χ1v) is 10.4. The van der Waals surface area contributed by atoms with E-state index in [0.29, 0.717) is 17.7 Å². The highest BCUT2D eigenvalue weighted by molar-refractivity contribution is 7.98. The van der Waals surface area contributed by atoms with Gasteiger partial charge in [-0.05, 0) is 43.0 Å². The Labute approximate surface area is 153 Å². The highest BCUT2D eigenvalue weighted by Crippen LogP contribution is 2.18. The summed E-state index contributed by atoms with van der Waals surface area (Å²) in [7, 11) is 0.448. The molecule has 0 aliphatic heterocycles. The molecule has 0 fully saturated rings. The van der Waals surface area contributed by atoms with E-state index in [2.05, 4.69) is 5.32 Å². The molecule has 0 unspecified atom stereocenters. The number of rotatable bonds is 8. The minimum Gasteiger partial charge on any atom is -0.467 e. The number of amides is 1. The number of benzene rings is 1. The minimum absolute atomic E-state index is 0.0204. The van der Waals surface area contributed by atoms with Crippen LogP contribution in [0.3, 0.4) is 0 Å². The van der Waals surface area contributed by atoms with Gasteiger partial charge in [-0.1, -0.05) is 6.07 Å². The summed E-state index contributed by atoms with van der Waals surface area (Å²) in [6, 6.07) is 3.56. The fourth-order valence-electron chi connectivity index (χ4n) is 2.08. The molecule has 0 aliphatic carbocycles. The first-order chi connectivity index (χ1) is 11.6. The summed E-state index contributed by atoms with van der Waals surface area (Å²) in [5.74, 6) is -0.365. The van der Waals surface area contributed by atoms with Gasteiger partial charge in [0, 0.05) is 19.7 Å². The molecular formula is C16H24N2O5S2. The molecule has 0 saturated heterocycles. The number of nitrogens with zero attached hydrogens (tertiary/aromatic N) is 1. The zero-order valence-corrected chi connectivity index (χ0v) is 16.7. The molecule has 0 spiro atoms. The molecule has 1 atom stereocenters. The van der Waals surface area contributed by atoms with Gasteiger partial charge >= 0.3 is 5.97 Å². The normalized spacial score (nSPS) is 12.7. The number of hydrogen-bond donors (Lipinski definition) is 1. The Morgan fingerprint density at radius 2 is 1.96 bits per heavy atom. The number of aryl methyl sites for hydroxylation is 1. The van der Waals surface area contributed by atoms with Gasteiger partial charge in [0.15, 0.2) is 0 Å². The molecule has 1 rings (SSSR count). The Hall–Kier alpha value is -1.58. The second-order valence-electron chi connectivity index (χ2n) is 5.59. The van der Waals surface area contributed by atoms with Crippen LogP contribution >= 0.6 is 11.8 Å². The highest BCUT2D eigenvalue weighted by atomic mass is 32.2. The molecule has 0 aromatic heterocycles. The van der Waals surface area contributed by atoms with Crippen molar-refractivity contribution < 1.29 is 22.7 Å². The monoisotopic (exact) mass is 388 g/mol. The van der Waals surface area contributed by atoms with Crippen LogP contribution in [0.15, 0.2) is 23.1 Å². The lowest BCUT2D eigenvalue weighted by molar-refractivity contribution is -0.142. The first kappa shape index (κ1) is 21.5. The quantitative estimate of drug-likeness (QED) is 0.674. The van der Waals surface area contributed by atoms with Gasteiger partial charge < -0.3 is 10.1 Å². The van der Waals surface area contributed by atoms with Crippen LogP contribution in [0, 0.1) is 6.92 Å². The number of sulfonamides is 1. The SMILES string of the molecule is COC(=O)[C@@H](CCSC)NC(=O)c1cc(S(=O)(=O)N(C)C)ccc1C. The third-order valence-corrected chi connectivity index (χ3v) is 6.09. The van der Waals surface area contributed by atoms with Crippen LogP contribution in [0.5, 0.6) is 0 Å². The van der Waals surface area contributed by atoms with Gasteiger partial charge in [-0.2, -0.15) is 11.8 Å². The van der Waals surface area contributed by atoms with E-state index < -0.39 is 27.9 Å². The van der Waals surface area contributed by atoms with Crippen LogP contribution in [0.4, 0.5) is 0 Å². The molecule has 1 amide bonds. The first-order valence-electron chi connectivity index (χ1n) is 7.56. The summed E-state index contributed by atoms with van der Waals surface area (Å²) in [5.41, 5.74) is 0.824. The summed E-state index contributed by atoms with van der Waals surface area (Å²) in [5, 5.41) is 2.63. The average molecular weight is 389 g/mol. The van der Waals surface area contributed by atoms with E-state index in [1.807, 2.05) is 6.26 Å². The molecule has 0 radical (unpaired) electrons. The molecule has 0 bridgehead atoms. The zero-order valence-electron chi connectivity index (χ0n) is 15.0. The second-order valence-corrected chi connectivity index (χ2v) is 8.73. The highest BCUT2D eigenvalue weighted by Gasteiger charge is 2.24. The van der Waals surface area contributed by atoms with E-state index in [-0.39, 0.29) is 10.5 Å². The maximum absolute atomic E-state index is 12.6. The largest absolute Gasteiger partial charge is 0.467 e. The smallest absolute Gasteiger partial charge is 0.328 e. The minimum atomic E-state index is -3.65. The molecular weight excluding hydrogens is 364 g/mol. The molecule has 0 aliphatic rings. The van der Waals surface area contributed by atoms with Crippen LogP contribution in [0.25, 0.3) is 0 Å². The van der Waals surface area contributed by atoms with Crippen LogP contribution in [0.2, 0.25) is 0 Å². The maximum atomic E-state index is 12.6. The maximum Gasteiger partial charge on any atom is 0.328 e. The summed E-state index contributed by atoms with van der Waals surface area (Å²) in [4.78, 5) is 24.4. The number of carbonyl (C=O) groups is 2. The molecule has 1 aromatic carbocycles. The van der Waals surface area contributed by atoms with Gasteiger partial charge in [-0.3, -0.25) is 4.79 Å². The van der Waals surface area contributed by atoms with Crippen molar-refractivity contribution in [1.82, 2.24) is 9.62 Å². The van der Waals surface area contributed by atoms with Crippen molar-refractivity contribution in [2.24, 2.45) is 0 Å². The fourth-order valence-corrected chi connectivity index (χ4v) is 3.48. The van der Waals surface area contributed by atoms with Crippen molar-refractivity contribution in [3.8, 4) is 0 Å². The second kappa shape index (κ2) is 9.21. The number of esters is 1. The van der Waals surface area contributed by atoms with Crippen LogP contribution < -0.4 is 5.32 Å². The average Bonchev–Trinajstić information content (AvgIpc) is 2.57. The number of nitrogens with one attached hydrogen (secondary N) is 1. The molecule has 0 heterocycles. The van der Waals surface area contributed by atoms with Crippen molar-refractivity contribution in [2.75, 3.05) is 33.2 Å². The zero-order chi connectivity index (χ0) is 19.2. The van der Waals surface area contributed by atoms with Crippen molar-refractivity contribution in [2.45, 2.75) is 24.3 Å². The number of thioether (sulfide) groups is 1. The van der Waals surface area contributed by atoms with Crippen molar-refractivity contribution >= 4 is 33.7 Å². The predicted molar refractivity (Wildman–Crippen MR) is 98.3 cm³/mol. The standard InChI is InChI=1S/C16H24N2O5S2/c1-11-6-7-12(25(21,22)18(2)3)10-13(11)15(19)17-14(8-9-24-5)16(20)23-4/h6-7,10,14H,8-9H2,1-5H3,(H,17,19)/t14-/m1/s1. The molecule has 7 nitrogen and oxygen atoms in total. The van der Waals surface area contributed by atoms with Gasteiger partial charge in [0.1, 0.15) is 6.04 Å². The van der Waals surface area contributed by atoms with Crippen LogP contribution in [-0.4, -0.2) is 63.9 Å². The van der Waals surface area contributed by atoms with Crippen molar-refractivity contribution in [1.29, 1.82) is 0 Å². The van der Waals surface area contributed by atoms with E-state index in [1.165, 1.54) is 33.3 Å². The Morgan fingerprint density at radius 1 is 1.32 bits per heavy atom. The number of hydrogen-bond acceptors (Lipinski definition) is 6. The van der Waals surface area contributed by atoms with E-state index in [0.717, 1.165) is 4.31 Å². The Balaban J connectivity index is 3.13. The Morgan fingerprint density at radius 3 is 2.48 bits per heavy atom. The Kier molecular flexibility index (Phi) is 7.91. The third-order valence-electron chi connectivity index (χ3n) is 3.63. The van der Waals surface area contributed by atoms with E-state index in [9.17, 15) is 18.0 Å². The summed E-state index contributed by atoms with van der Waals surface area (Å²) < 4.78 is 30.3. The van der Waals surface area contributed by atoms with E-state index >= 15 is 0 Å². The lowest BCUT2D eigenvalue weighted by Gasteiger charge is -2.18. The molecule has 9 heteroatoms. The van der Waals surface area contributed by atoms with Gasteiger partial charge in [-0.25, -0.2) is 17.5 Å². The lowest BCUT2D eigenvalue weighted by Crippen LogP contribution is -2.42. The lowest BCUT2D eigenvalue weighted by atomic mass is 10.1. The molecule has 140 valence electrons. The molecule has 25 heavy (non-hydrogen) atoms. The summed E-state index contributed by atoms with van der Waals surface area (Å²) in [6.45, 7) is 1.70. The predicted octanol–water partition coefficient (Wildman–Crippen LogP) is 1.27. The van der Waals surface area contributed by atoms with Gasteiger partial charge in [-0.15, -0.1) is 0 Å². The Bertz CT molecular complexity index is 732. The van der Waals surface area contributed by atoms with Gasteiger partial charge in [0.2, 0.25) is 10.0 Å².